The second-order valence-corrected chi connectivity index (χ2v) is 3.87. The SMILES string of the molecule is Cc1nccc(CNc2cc(F)ccc2[N+](=O)[O-])n1. The van der Waals surface area contributed by atoms with Crippen LogP contribution in [0.2, 0.25) is 0 Å². The van der Waals surface area contributed by atoms with E-state index in [0.717, 1.165) is 18.2 Å². The summed E-state index contributed by atoms with van der Waals surface area (Å²) in [5.41, 5.74) is 0.625. The molecule has 0 unspecified atom stereocenters. The van der Waals surface area contributed by atoms with E-state index in [4.69, 9.17) is 0 Å². The normalized spacial score (nSPS) is 10.2. The molecule has 98 valence electrons. The van der Waals surface area contributed by atoms with Crippen molar-refractivity contribution in [3.63, 3.8) is 0 Å². The molecule has 0 aliphatic rings. The fourth-order valence-electron chi connectivity index (χ4n) is 1.60. The maximum atomic E-state index is 13.1. The van der Waals surface area contributed by atoms with Crippen molar-refractivity contribution in [3.8, 4) is 0 Å². The summed E-state index contributed by atoms with van der Waals surface area (Å²) >= 11 is 0. The van der Waals surface area contributed by atoms with E-state index in [9.17, 15) is 14.5 Å². The van der Waals surface area contributed by atoms with Crippen LogP contribution in [0.25, 0.3) is 0 Å². The van der Waals surface area contributed by atoms with Crippen molar-refractivity contribution in [2.24, 2.45) is 0 Å². The maximum absolute atomic E-state index is 13.1. The van der Waals surface area contributed by atoms with Crippen LogP contribution in [0.15, 0.2) is 30.5 Å². The predicted molar refractivity (Wildman–Crippen MR) is 67.2 cm³/mol. The first-order chi connectivity index (χ1) is 9.06. The molecule has 0 atom stereocenters. The first kappa shape index (κ1) is 12.9. The summed E-state index contributed by atoms with van der Waals surface area (Å²) in [4.78, 5) is 18.3. The average molecular weight is 262 g/mol. The third-order valence-corrected chi connectivity index (χ3v) is 2.45. The van der Waals surface area contributed by atoms with Crippen LogP contribution in [-0.4, -0.2) is 14.9 Å². The van der Waals surface area contributed by atoms with E-state index in [2.05, 4.69) is 15.3 Å². The number of aryl methyl sites for hydroxylation is 1. The maximum Gasteiger partial charge on any atom is 0.292 e. The number of hydrogen-bond donors (Lipinski definition) is 1. The first-order valence-corrected chi connectivity index (χ1v) is 5.52. The van der Waals surface area contributed by atoms with Gasteiger partial charge in [0.05, 0.1) is 17.2 Å². The zero-order valence-electron chi connectivity index (χ0n) is 10.1. The number of halogens is 1. The summed E-state index contributed by atoms with van der Waals surface area (Å²) < 4.78 is 13.1. The van der Waals surface area contributed by atoms with E-state index in [1.165, 1.54) is 0 Å². The summed E-state index contributed by atoms with van der Waals surface area (Å²) in [5, 5.41) is 13.6. The number of nitrogens with zero attached hydrogens (tertiary/aromatic N) is 3. The Balaban J connectivity index is 2.19. The number of hydrogen-bond acceptors (Lipinski definition) is 5. The molecule has 1 aromatic carbocycles. The second-order valence-electron chi connectivity index (χ2n) is 3.87. The van der Waals surface area contributed by atoms with Crippen molar-refractivity contribution in [2.75, 3.05) is 5.32 Å². The lowest BCUT2D eigenvalue weighted by atomic mass is 10.2. The lowest BCUT2D eigenvalue weighted by molar-refractivity contribution is -0.384. The van der Waals surface area contributed by atoms with Crippen molar-refractivity contribution >= 4 is 11.4 Å². The molecule has 2 rings (SSSR count). The number of anilines is 1. The van der Waals surface area contributed by atoms with Crippen molar-refractivity contribution in [3.05, 3.63) is 57.9 Å². The summed E-state index contributed by atoms with van der Waals surface area (Å²) in [7, 11) is 0. The van der Waals surface area contributed by atoms with Crippen molar-refractivity contribution in [1.82, 2.24) is 9.97 Å². The van der Waals surface area contributed by atoms with E-state index in [1.807, 2.05) is 0 Å². The second kappa shape index (κ2) is 5.38. The number of nitro groups is 1. The van der Waals surface area contributed by atoms with Gasteiger partial charge >= 0.3 is 0 Å². The van der Waals surface area contributed by atoms with Crippen LogP contribution in [0.3, 0.4) is 0 Å². The van der Waals surface area contributed by atoms with Gasteiger partial charge in [-0.2, -0.15) is 0 Å². The minimum Gasteiger partial charge on any atom is -0.374 e. The van der Waals surface area contributed by atoms with E-state index in [0.29, 0.717) is 11.5 Å². The van der Waals surface area contributed by atoms with Crippen LogP contribution >= 0.6 is 0 Å². The van der Waals surface area contributed by atoms with Crippen molar-refractivity contribution in [2.45, 2.75) is 13.5 Å². The number of nitro benzene ring substituents is 1. The minimum absolute atomic E-state index is 0.126. The molecule has 1 aromatic heterocycles. The number of aromatic nitrogens is 2. The average Bonchev–Trinajstić information content (AvgIpc) is 2.36. The van der Waals surface area contributed by atoms with E-state index in [1.54, 1.807) is 19.2 Å². The Morgan fingerprint density at radius 3 is 2.89 bits per heavy atom. The van der Waals surface area contributed by atoms with Gasteiger partial charge in [-0.15, -0.1) is 0 Å². The Morgan fingerprint density at radius 2 is 2.21 bits per heavy atom. The molecule has 0 saturated carbocycles. The monoisotopic (exact) mass is 262 g/mol. The van der Waals surface area contributed by atoms with Crippen LogP contribution in [0, 0.1) is 22.9 Å². The molecule has 6 nitrogen and oxygen atoms in total. The molecule has 0 saturated heterocycles. The molecule has 2 aromatic rings. The fraction of sp³-hybridized carbons (Fsp3) is 0.167. The van der Waals surface area contributed by atoms with Gasteiger partial charge in [0.2, 0.25) is 0 Å². The van der Waals surface area contributed by atoms with Crippen LogP contribution in [-0.2, 0) is 6.54 Å². The van der Waals surface area contributed by atoms with Gasteiger partial charge in [-0.05, 0) is 19.1 Å². The molecular weight excluding hydrogens is 251 g/mol. The quantitative estimate of drug-likeness (QED) is 0.676. The zero-order valence-corrected chi connectivity index (χ0v) is 10.1. The molecule has 0 spiro atoms. The van der Waals surface area contributed by atoms with E-state index in [-0.39, 0.29) is 17.9 Å². The predicted octanol–water partition coefficient (Wildman–Crippen LogP) is 2.44. The van der Waals surface area contributed by atoms with Crippen LogP contribution in [0.5, 0.6) is 0 Å². The van der Waals surface area contributed by atoms with Gasteiger partial charge in [-0.1, -0.05) is 0 Å². The third-order valence-electron chi connectivity index (χ3n) is 2.45. The zero-order chi connectivity index (χ0) is 13.8. The Bertz CT molecular complexity index is 618. The summed E-state index contributed by atoms with van der Waals surface area (Å²) in [6, 6.07) is 4.96. The highest BCUT2D eigenvalue weighted by atomic mass is 19.1. The summed E-state index contributed by atoms with van der Waals surface area (Å²) in [6.45, 7) is 2.00. The van der Waals surface area contributed by atoms with Gasteiger partial charge in [-0.25, -0.2) is 14.4 Å². The Labute approximate surface area is 108 Å². The molecule has 0 aliphatic heterocycles. The lowest BCUT2D eigenvalue weighted by Crippen LogP contribution is -2.05. The highest BCUT2D eigenvalue weighted by molar-refractivity contribution is 5.61. The summed E-state index contributed by atoms with van der Waals surface area (Å²) in [5.74, 6) is 0.0695. The van der Waals surface area contributed by atoms with Crippen molar-refractivity contribution in [1.29, 1.82) is 0 Å². The standard InChI is InChI=1S/C12H11FN4O2/c1-8-14-5-4-10(16-8)7-15-11-6-9(13)2-3-12(11)17(18)19/h2-6,15H,7H2,1H3. The fourth-order valence-corrected chi connectivity index (χ4v) is 1.60. The molecule has 7 heteroatoms. The number of rotatable bonds is 4. The van der Waals surface area contributed by atoms with Gasteiger partial charge < -0.3 is 5.32 Å². The number of benzene rings is 1. The molecule has 0 aliphatic carbocycles. The minimum atomic E-state index is -0.562. The number of nitrogens with one attached hydrogen (secondary N) is 1. The van der Waals surface area contributed by atoms with Gasteiger partial charge in [0.1, 0.15) is 17.3 Å². The Hall–Kier alpha value is -2.57. The van der Waals surface area contributed by atoms with Gasteiger partial charge in [-0.3, -0.25) is 10.1 Å². The molecule has 1 heterocycles. The molecule has 0 bridgehead atoms. The van der Waals surface area contributed by atoms with E-state index >= 15 is 0 Å². The highest BCUT2D eigenvalue weighted by Gasteiger charge is 2.14. The molecule has 0 amide bonds. The Morgan fingerprint density at radius 1 is 1.42 bits per heavy atom. The first-order valence-electron chi connectivity index (χ1n) is 5.52. The van der Waals surface area contributed by atoms with Crippen LogP contribution in [0.1, 0.15) is 11.5 Å². The lowest BCUT2D eigenvalue weighted by Gasteiger charge is -2.07. The molecule has 19 heavy (non-hydrogen) atoms. The topological polar surface area (TPSA) is 81.0 Å². The van der Waals surface area contributed by atoms with Gasteiger partial charge in [0.25, 0.3) is 5.69 Å². The molecule has 0 radical (unpaired) electrons. The summed E-state index contributed by atoms with van der Waals surface area (Å²) in [6.07, 6.45) is 1.60. The van der Waals surface area contributed by atoms with Crippen LogP contribution < -0.4 is 5.32 Å². The van der Waals surface area contributed by atoms with Gasteiger partial charge in [0.15, 0.2) is 0 Å². The molecule has 0 fully saturated rings. The smallest absolute Gasteiger partial charge is 0.292 e. The van der Waals surface area contributed by atoms with Crippen molar-refractivity contribution < 1.29 is 9.31 Å². The Kier molecular flexibility index (Phi) is 3.65. The third kappa shape index (κ3) is 3.21. The molecular formula is C12H11FN4O2. The highest BCUT2D eigenvalue weighted by Crippen LogP contribution is 2.25. The molecule has 1 N–H and O–H groups in total. The van der Waals surface area contributed by atoms with E-state index < -0.39 is 10.7 Å². The van der Waals surface area contributed by atoms with Crippen LogP contribution in [0.4, 0.5) is 15.8 Å². The largest absolute Gasteiger partial charge is 0.374 e. The van der Waals surface area contributed by atoms with Gasteiger partial charge in [0, 0.05) is 18.3 Å².